The van der Waals surface area contributed by atoms with Crippen LogP contribution in [0.1, 0.15) is 13.8 Å². The van der Waals surface area contributed by atoms with Gasteiger partial charge in [-0.25, -0.2) is 0 Å². The minimum Gasteiger partial charge on any atom is -0.480 e. The molecule has 0 bridgehead atoms. The molecular formula is C7H13NO4. The molecule has 5 nitrogen and oxygen atoms in total. The quantitative estimate of drug-likeness (QED) is 0.622. The van der Waals surface area contributed by atoms with E-state index in [2.05, 4.69) is 0 Å². The SMILES string of the molecule is CN(CC(=O)O)C(C)(C)C(=O)O. The molecule has 0 unspecified atom stereocenters. The maximum atomic E-state index is 10.6. The molecule has 0 aliphatic heterocycles. The van der Waals surface area contributed by atoms with Crippen LogP contribution >= 0.6 is 0 Å². The fraction of sp³-hybridized carbons (Fsp3) is 0.714. The van der Waals surface area contributed by atoms with Crippen LogP contribution in [0.2, 0.25) is 0 Å². The Hall–Kier alpha value is -1.10. The molecule has 0 saturated carbocycles. The zero-order chi connectivity index (χ0) is 9.94. The topological polar surface area (TPSA) is 77.8 Å². The zero-order valence-corrected chi connectivity index (χ0v) is 7.37. The summed E-state index contributed by atoms with van der Waals surface area (Å²) in [4.78, 5) is 22.1. The standard InChI is InChI=1S/C7H13NO4/c1-7(2,6(11)12)8(3)4-5(9)10/h4H2,1-3H3,(H,9,10)(H,11,12). The van der Waals surface area contributed by atoms with Crippen LogP contribution in [0.4, 0.5) is 0 Å². The molecule has 0 atom stereocenters. The predicted molar refractivity (Wildman–Crippen MR) is 42.0 cm³/mol. The first-order chi connectivity index (χ1) is 5.28. The minimum absolute atomic E-state index is 0.278. The van der Waals surface area contributed by atoms with Crippen LogP contribution in [0.3, 0.4) is 0 Å². The summed E-state index contributed by atoms with van der Waals surface area (Å²) in [6.45, 7) is 2.63. The highest BCUT2D eigenvalue weighted by Gasteiger charge is 2.32. The molecule has 0 aliphatic carbocycles. The Balaban J connectivity index is 4.35. The van der Waals surface area contributed by atoms with Crippen LogP contribution in [0.25, 0.3) is 0 Å². The maximum absolute atomic E-state index is 10.6. The fourth-order valence-electron chi connectivity index (χ4n) is 0.564. The largest absolute Gasteiger partial charge is 0.480 e. The molecule has 70 valence electrons. The van der Waals surface area contributed by atoms with Crippen molar-refractivity contribution in [1.29, 1.82) is 0 Å². The first-order valence-electron chi connectivity index (χ1n) is 3.45. The highest BCUT2D eigenvalue weighted by atomic mass is 16.4. The molecule has 0 aromatic heterocycles. The van der Waals surface area contributed by atoms with Gasteiger partial charge in [-0.15, -0.1) is 0 Å². The molecule has 2 N–H and O–H groups in total. The summed E-state index contributed by atoms with van der Waals surface area (Å²) < 4.78 is 0. The molecular weight excluding hydrogens is 162 g/mol. The average molecular weight is 175 g/mol. The van der Waals surface area contributed by atoms with Gasteiger partial charge in [0.15, 0.2) is 0 Å². The van der Waals surface area contributed by atoms with Crippen molar-refractivity contribution in [3.63, 3.8) is 0 Å². The van der Waals surface area contributed by atoms with Gasteiger partial charge in [-0.2, -0.15) is 0 Å². The Kier molecular flexibility index (Phi) is 3.21. The van der Waals surface area contributed by atoms with E-state index in [-0.39, 0.29) is 6.54 Å². The number of carboxylic acids is 2. The van der Waals surface area contributed by atoms with Crippen molar-refractivity contribution in [2.75, 3.05) is 13.6 Å². The van der Waals surface area contributed by atoms with E-state index >= 15 is 0 Å². The third kappa shape index (κ3) is 2.50. The van der Waals surface area contributed by atoms with Crippen molar-refractivity contribution in [2.24, 2.45) is 0 Å². The van der Waals surface area contributed by atoms with Crippen LogP contribution in [0.15, 0.2) is 0 Å². The van der Waals surface area contributed by atoms with Crippen molar-refractivity contribution in [1.82, 2.24) is 4.90 Å². The highest BCUT2D eigenvalue weighted by Crippen LogP contribution is 2.11. The molecule has 0 heterocycles. The smallest absolute Gasteiger partial charge is 0.323 e. The summed E-state index contributed by atoms with van der Waals surface area (Å²) in [6.07, 6.45) is 0. The molecule has 0 rings (SSSR count). The Morgan fingerprint density at radius 1 is 1.33 bits per heavy atom. The van der Waals surface area contributed by atoms with E-state index in [9.17, 15) is 9.59 Å². The number of hydrogen-bond donors (Lipinski definition) is 2. The molecule has 0 aromatic rings. The Morgan fingerprint density at radius 2 is 1.75 bits per heavy atom. The molecule has 0 aliphatic rings. The van der Waals surface area contributed by atoms with Gasteiger partial charge in [-0.3, -0.25) is 14.5 Å². The van der Waals surface area contributed by atoms with Gasteiger partial charge in [0.25, 0.3) is 0 Å². The summed E-state index contributed by atoms with van der Waals surface area (Å²) in [6, 6.07) is 0. The van der Waals surface area contributed by atoms with Gasteiger partial charge >= 0.3 is 11.9 Å². The molecule has 0 spiro atoms. The van der Waals surface area contributed by atoms with E-state index in [1.165, 1.54) is 25.8 Å². The number of carboxylic acid groups (broad SMARTS) is 2. The lowest BCUT2D eigenvalue weighted by atomic mass is 10.0. The van der Waals surface area contributed by atoms with E-state index < -0.39 is 17.5 Å². The summed E-state index contributed by atoms with van der Waals surface area (Å²) in [5.41, 5.74) is -1.14. The van der Waals surface area contributed by atoms with Crippen LogP contribution in [0, 0.1) is 0 Å². The number of rotatable bonds is 4. The van der Waals surface area contributed by atoms with Crippen LogP contribution in [-0.4, -0.2) is 46.2 Å². The monoisotopic (exact) mass is 175 g/mol. The van der Waals surface area contributed by atoms with Crippen LogP contribution < -0.4 is 0 Å². The third-order valence-corrected chi connectivity index (χ3v) is 1.85. The van der Waals surface area contributed by atoms with E-state index in [0.717, 1.165) is 0 Å². The summed E-state index contributed by atoms with van der Waals surface area (Å²) in [5, 5.41) is 17.1. The summed E-state index contributed by atoms with van der Waals surface area (Å²) in [7, 11) is 1.46. The van der Waals surface area contributed by atoms with Crippen molar-refractivity contribution >= 4 is 11.9 Å². The van der Waals surface area contributed by atoms with Gasteiger partial charge < -0.3 is 10.2 Å². The molecule has 0 aromatic carbocycles. The molecule has 0 fully saturated rings. The Bertz CT molecular complexity index is 200. The van der Waals surface area contributed by atoms with Crippen molar-refractivity contribution < 1.29 is 19.8 Å². The van der Waals surface area contributed by atoms with E-state index in [1.807, 2.05) is 0 Å². The third-order valence-electron chi connectivity index (χ3n) is 1.85. The summed E-state index contributed by atoms with van der Waals surface area (Å²) in [5.74, 6) is -2.07. The molecule has 5 heteroatoms. The van der Waals surface area contributed by atoms with Gasteiger partial charge in [-0.1, -0.05) is 0 Å². The van der Waals surface area contributed by atoms with Gasteiger partial charge in [-0.05, 0) is 20.9 Å². The number of nitrogens with zero attached hydrogens (tertiary/aromatic N) is 1. The molecule has 12 heavy (non-hydrogen) atoms. The van der Waals surface area contributed by atoms with Gasteiger partial charge in [0.05, 0.1) is 6.54 Å². The fourth-order valence-corrected chi connectivity index (χ4v) is 0.564. The second-order valence-corrected chi connectivity index (χ2v) is 3.11. The molecule has 0 saturated heterocycles. The minimum atomic E-state index is -1.14. The van der Waals surface area contributed by atoms with E-state index in [4.69, 9.17) is 10.2 Å². The highest BCUT2D eigenvalue weighted by molar-refractivity contribution is 5.79. The van der Waals surface area contributed by atoms with Crippen molar-refractivity contribution in [2.45, 2.75) is 19.4 Å². The Labute approximate surface area is 70.6 Å². The van der Waals surface area contributed by atoms with Crippen LogP contribution in [-0.2, 0) is 9.59 Å². The first kappa shape index (κ1) is 10.9. The molecule has 0 radical (unpaired) electrons. The van der Waals surface area contributed by atoms with E-state index in [1.54, 1.807) is 0 Å². The normalized spacial score (nSPS) is 11.7. The second kappa shape index (κ2) is 3.53. The van der Waals surface area contributed by atoms with Gasteiger partial charge in [0.1, 0.15) is 5.54 Å². The number of carbonyl (C=O) groups is 2. The average Bonchev–Trinajstić information content (AvgIpc) is 1.85. The van der Waals surface area contributed by atoms with E-state index in [0.29, 0.717) is 0 Å². The lowest BCUT2D eigenvalue weighted by Gasteiger charge is -2.29. The number of hydrogen-bond acceptors (Lipinski definition) is 3. The molecule has 0 amide bonds. The van der Waals surface area contributed by atoms with Gasteiger partial charge in [0.2, 0.25) is 0 Å². The number of aliphatic carboxylic acids is 2. The lowest BCUT2D eigenvalue weighted by molar-refractivity contribution is -0.151. The first-order valence-corrected chi connectivity index (χ1v) is 3.45. The second-order valence-electron chi connectivity index (χ2n) is 3.11. The zero-order valence-electron chi connectivity index (χ0n) is 7.37. The maximum Gasteiger partial charge on any atom is 0.323 e. The number of likely N-dealkylation sites (N-methyl/N-ethyl adjacent to an activating group) is 1. The summed E-state index contributed by atoms with van der Waals surface area (Å²) >= 11 is 0. The van der Waals surface area contributed by atoms with Crippen molar-refractivity contribution in [3.8, 4) is 0 Å². The Morgan fingerprint density at radius 3 is 2.00 bits per heavy atom. The van der Waals surface area contributed by atoms with Crippen molar-refractivity contribution in [3.05, 3.63) is 0 Å². The van der Waals surface area contributed by atoms with Crippen LogP contribution in [0.5, 0.6) is 0 Å². The van der Waals surface area contributed by atoms with Gasteiger partial charge in [0, 0.05) is 0 Å². The predicted octanol–water partition coefficient (Wildman–Crippen LogP) is -0.134. The lowest BCUT2D eigenvalue weighted by Crippen LogP contribution is -2.49.